The zero-order valence-electron chi connectivity index (χ0n) is 6.75. The van der Waals surface area contributed by atoms with Crippen molar-refractivity contribution in [3.8, 4) is 0 Å². The molecule has 0 aromatic carbocycles. The Morgan fingerprint density at radius 3 is 3.00 bits per heavy atom. The summed E-state index contributed by atoms with van der Waals surface area (Å²) in [5, 5.41) is 0. The van der Waals surface area contributed by atoms with Crippen LogP contribution in [0.3, 0.4) is 0 Å². The van der Waals surface area contributed by atoms with Gasteiger partial charge in [0, 0.05) is 0 Å². The standard InChI is InChI=1S/C5H5.C5H7.Ti/c1-2-4-5-3-1;1-3-5-4-2;/h1-3H,4H2;1,3-5H,2H3;. The van der Waals surface area contributed by atoms with E-state index in [0.717, 1.165) is 0 Å². The summed E-state index contributed by atoms with van der Waals surface area (Å²) in [5.74, 6) is 0. The van der Waals surface area contributed by atoms with Crippen molar-refractivity contribution in [2.24, 2.45) is 0 Å². The van der Waals surface area contributed by atoms with Crippen LogP contribution in [-0.4, -0.2) is 0 Å². The van der Waals surface area contributed by atoms with E-state index in [4.69, 9.17) is 0 Å². The minimum atomic E-state index is 0.0503. The number of rotatable bonds is 3. The summed E-state index contributed by atoms with van der Waals surface area (Å²) in [6.45, 7) is 2.04. The minimum absolute atomic E-state index is 0.0503. The molecule has 11 heavy (non-hydrogen) atoms. The molecule has 0 spiro atoms. The Bertz CT molecular complexity index is 219. The van der Waals surface area contributed by atoms with Gasteiger partial charge < -0.3 is 0 Å². The van der Waals surface area contributed by atoms with Crippen molar-refractivity contribution in [1.29, 1.82) is 0 Å². The topological polar surface area (TPSA) is 0 Å². The van der Waals surface area contributed by atoms with Gasteiger partial charge in [-0.15, -0.1) is 0 Å². The molecule has 0 fully saturated rings. The van der Waals surface area contributed by atoms with Crippen molar-refractivity contribution in [3.63, 3.8) is 0 Å². The third kappa shape index (κ3) is 3.55. The Labute approximate surface area is 77.3 Å². The molecule has 0 saturated carbocycles. The second-order valence-corrected chi connectivity index (χ2v) is 4.33. The Morgan fingerprint density at radius 1 is 1.45 bits per heavy atom. The van der Waals surface area contributed by atoms with Gasteiger partial charge in [0.2, 0.25) is 0 Å². The Hall–Kier alpha value is -0.326. The normalized spacial score (nSPS) is 16.6. The van der Waals surface area contributed by atoms with Crippen LogP contribution in [0.25, 0.3) is 0 Å². The molecule has 0 aromatic rings. The van der Waals surface area contributed by atoms with Crippen LogP contribution in [0.1, 0.15) is 13.3 Å². The number of allylic oxidation sites excluding steroid dienone is 7. The summed E-state index contributed by atoms with van der Waals surface area (Å²) in [5.41, 5.74) is 0. The zero-order chi connectivity index (χ0) is 7.94. The predicted molar refractivity (Wildman–Crippen MR) is 45.8 cm³/mol. The quantitative estimate of drug-likeness (QED) is 0.462. The van der Waals surface area contributed by atoms with E-state index < -0.39 is 0 Å². The molecular formula is C10H12Ti. The summed E-state index contributed by atoms with van der Waals surface area (Å²) >= 11 is 0.0503. The maximum atomic E-state index is 2.32. The van der Waals surface area contributed by atoms with Crippen molar-refractivity contribution < 1.29 is 19.2 Å². The first-order valence-corrected chi connectivity index (χ1v) is 5.52. The Morgan fingerprint density at radius 2 is 2.36 bits per heavy atom. The fourth-order valence-electron chi connectivity index (χ4n) is 0.876. The number of hydrogen-bond acceptors (Lipinski definition) is 0. The molecule has 0 amide bonds. The first kappa shape index (κ1) is 8.77. The molecule has 56 valence electrons. The zero-order valence-corrected chi connectivity index (χ0v) is 8.31. The Balaban J connectivity index is 2.22. The molecular weight excluding hydrogens is 168 g/mol. The fourth-order valence-corrected chi connectivity index (χ4v) is 2.20. The van der Waals surface area contributed by atoms with Gasteiger partial charge in [0.05, 0.1) is 0 Å². The van der Waals surface area contributed by atoms with Gasteiger partial charge in [-0.05, 0) is 0 Å². The molecule has 0 bridgehead atoms. The van der Waals surface area contributed by atoms with Gasteiger partial charge in [0.25, 0.3) is 0 Å². The second-order valence-electron chi connectivity index (χ2n) is 2.35. The molecule has 1 aliphatic rings. The summed E-state index contributed by atoms with van der Waals surface area (Å²) in [6, 6.07) is 0. The molecule has 0 N–H and O–H groups in total. The van der Waals surface area contributed by atoms with Crippen molar-refractivity contribution in [1.82, 2.24) is 0 Å². The van der Waals surface area contributed by atoms with Crippen LogP contribution in [-0.2, 0) is 19.2 Å². The average molecular weight is 180 g/mol. The van der Waals surface area contributed by atoms with Gasteiger partial charge in [-0.2, -0.15) is 0 Å². The molecule has 1 heteroatoms. The predicted octanol–water partition coefficient (Wildman–Crippen LogP) is 3.00. The fraction of sp³-hybridized carbons (Fsp3) is 0.200. The first-order valence-electron chi connectivity index (χ1n) is 3.83. The van der Waals surface area contributed by atoms with E-state index >= 15 is 0 Å². The van der Waals surface area contributed by atoms with Crippen LogP contribution in [0.15, 0.2) is 44.7 Å². The molecule has 0 nitrogen and oxygen atoms in total. The molecule has 0 radical (unpaired) electrons. The Kier molecular flexibility index (Phi) is 4.26. The van der Waals surface area contributed by atoms with Gasteiger partial charge in [-0.1, -0.05) is 0 Å². The van der Waals surface area contributed by atoms with Crippen LogP contribution >= 0.6 is 0 Å². The van der Waals surface area contributed by atoms with E-state index in [1.54, 1.807) is 3.88 Å². The SMILES string of the molecule is CC=CC=[CH][Ti][C]1=CC=CC1. The molecule has 0 saturated heterocycles. The summed E-state index contributed by atoms with van der Waals surface area (Å²) in [7, 11) is 0. The second kappa shape index (κ2) is 5.34. The van der Waals surface area contributed by atoms with Crippen LogP contribution in [0.5, 0.6) is 0 Å². The molecule has 1 rings (SSSR count). The summed E-state index contributed by atoms with van der Waals surface area (Å²) in [4.78, 5) is 0. The van der Waals surface area contributed by atoms with E-state index in [1.165, 1.54) is 6.42 Å². The molecule has 0 heterocycles. The van der Waals surface area contributed by atoms with E-state index in [0.29, 0.717) is 0 Å². The number of hydrogen-bond donors (Lipinski definition) is 0. The molecule has 0 aliphatic heterocycles. The summed E-state index contributed by atoms with van der Waals surface area (Å²) in [6.07, 6.45) is 14.1. The monoisotopic (exact) mass is 180 g/mol. The van der Waals surface area contributed by atoms with Crippen LogP contribution in [0, 0.1) is 0 Å². The van der Waals surface area contributed by atoms with E-state index in [2.05, 4.69) is 40.8 Å². The van der Waals surface area contributed by atoms with Crippen LogP contribution in [0.2, 0.25) is 0 Å². The molecule has 0 aromatic heterocycles. The molecule has 0 unspecified atom stereocenters. The van der Waals surface area contributed by atoms with Crippen LogP contribution < -0.4 is 0 Å². The van der Waals surface area contributed by atoms with Crippen molar-refractivity contribution in [3.05, 3.63) is 44.7 Å². The van der Waals surface area contributed by atoms with E-state index in [9.17, 15) is 0 Å². The molecule has 1 aliphatic carbocycles. The summed E-state index contributed by atoms with van der Waals surface area (Å²) < 4.78 is 3.95. The average Bonchev–Trinajstić information content (AvgIpc) is 2.50. The molecule has 0 atom stereocenters. The first-order chi connectivity index (χ1) is 5.43. The van der Waals surface area contributed by atoms with Crippen molar-refractivity contribution in [2.45, 2.75) is 13.3 Å². The maximum absolute atomic E-state index is 2.32. The van der Waals surface area contributed by atoms with Gasteiger partial charge in [0.1, 0.15) is 0 Å². The van der Waals surface area contributed by atoms with Gasteiger partial charge in [-0.25, -0.2) is 0 Å². The van der Waals surface area contributed by atoms with Crippen molar-refractivity contribution >= 4 is 0 Å². The van der Waals surface area contributed by atoms with Gasteiger partial charge in [-0.3, -0.25) is 0 Å². The van der Waals surface area contributed by atoms with E-state index in [-0.39, 0.29) is 19.2 Å². The third-order valence-electron chi connectivity index (χ3n) is 1.44. The van der Waals surface area contributed by atoms with Gasteiger partial charge >= 0.3 is 77.2 Å². The third-order valence-corrected chi connectivity index (χ3v) is 3.16. The van der Waals surface area contributed by atoms with E-state index in [1.807, 2.05) is 6.92 Å². The van der Waals surface area contributed by atoms with Crippen LogP contribution in [0.4, 0.5) is 0 Å². The van der Waals surface area contributed by atoms with Gasteiger partial charge in [0.15, 0.2) is 0 Å². The van der Waals surface area contributed by atoms with Crippen molar-refractivity contribution in [2.75, 3.05) is 0 Å².